The molecule has 172 valence electrons. The Morgan fingerprint density at radius 2 is 1.78 bits per heavy atom. The van der Waals surface area contributed by atoms with Crippen molar-refractivity contribution in [2.45, 2.75) is 31.1 Å². The van der Waals surface area contributed by atoms with Crippen LogP contribution in [0.5, 0.6) is 17.2 Å². The lowest BCUT2D eigenvalue weighted by Crippen LogP contribution is -2.40. The summed E-state index contributed by atoms with van der Waals surface area (Å²) in [6.45, 7) is 3.81. The van der Waals surface area contributed by atoms with Gasteiger partial charge in [0.25, 0.3) is 0 Å². The van der Waals surface area contributed by atoms with Crippen LogP contribution in [0.4, 0.5) is 5.69 Å². The minimum Gasteiger partial charge on any atom is -0.494 e. The monoisotopic (exact) mass is 460 g/mol. The normalized spacial score (nSPS) is 17.4. The first kappa shape index (κ1) is 22.6. The van der Waals surface area contributed by atoms with Crippen LogP contribution in [0.25, 0.3) is 0 Å². The SMILES string of the molecule is CCOc1ccc(Oc2ccc(S(=O)(=O)N3CCOCC3)cc2NC(=O)C2CCC2)cc1. The Balaban J connectivity index is 1.61. The number of sulfonamides is 1. The smallest absolute Gasteiger partial charge is 0.243 e. The molecule has 1 aliphatic heterocycles. The molecule has 1 heterocycles. The Bertz CT molecular complexity index is 1040. The molecule has 2 aromatic carbocycles. The summed E-state index contributed by atoms with van der Waals surface area (Å²) in [5.41, 5.74) is 0.338. The fourth-order valence-corrected chi connectivity index (χ4v) is 5.03. The lowest BCUT2D eigenvalue weighted by molar-refractivity contribution is -0.122. The molecule has 8 nitrogen and oxygen atoms in total. The number of hydrogen-bond donors (Lipinski definition) is 1. The fraction of sp³-hybridized carbons (Fsp3) is 0.435. The van der Waals surface area contributed by atoms with E-state index in [9.17, 15) is 13.2 Å². The zero-order valence-corrected chi connectivity index (χ0v) is 18.9. The number of nitrogens with zero attached hydrogens (tertiary/aromatic N) is 1. The summed E-state index contributed by atoms with van der Waals surface area (Å²) < 4.78 is 44.3. The van der Waals surface area contributed by atoms with E-state index in [0.717, 1.165) is 25.0 Å². The summed E-state index contributed by atoms with van der Waals surface area (Å²) >= 11 is 0. The van der Waals surface area contributed by atoms with E-state index in [4.69, 9.17) is 14.2 Å². The summed E-state index contributed by atoms with van der Waals surface area (Å²) in [6.07, 6.45) is 2.71. The first-order valence-corrected chi connectivity index (χ1v) is 12.3. The molecule has 0 aromatic heterocycles. The maximum absolute atomic E-state index is 13.1. The predicted molar refractivity (Wildman–Crippen MR) is 120 cm³/mol. The molecule has 1 amide bonds. The van der Waals surface area contributed by atoms with Gasteiger partial charge in [0.05, 0.1) is 30.4 Å². The summed E-state index contributed by atoms with van der Waals surface area (Å²) in [6, 6.07) is 11.7. The Labute approximate surface area is 188 Å². The molecule has 0 radical (unpaired) electrons. The number of benzene rings is 2. The molecule has 2 fully saturated rings. The molecule has 4 rings (SSSR count). The van der Waals surface area contributed by atoms with Crippen LogP contribution in [0.15, 0.2) is 47.4 Å². The van der Waals surface area contributed by atoms with Gasteiger partial charge in [-0.1, -0.05) is 6.42 Å². The maximum atomic E-state index is 13.1. The highest BCUT2D eigenvalue weighted by Gasteiger charge is 2.29. The first-order valence-electron chi connectivity index (χ1n) is 10.9. The van der Waals surface area contributed by atoms with Crippen LogP contribution in [0.2, 0.25) is 0 Å². The summed E-state index contributed by atoms with van der Waals surface area (Å²) in [4.78, 5) is 12.7. The molecule has 9 heteroatoms. The fourth-order valence-electron chi connectivity index (χ4n) is 3.60. The minimum absolute atomic E-state index is 0.0483. The number of ether oxygens (including phenoxy) is 3. The van der Waals surface area contributed by atoms with Crippen molar-refractivity contribution in [3.8, 4) is 17.2 Å². The van der Waals surface area contributed by atoms with E-state index in [1.165, 1.54) is 16.4 Å². The third-order valence-corrected chi connectivity index (χ3v) is 7.55. The van der Waals surface area contributed by atoms with Crippen LogP contribution in [0.3, 0.4) is 0 Å². The van der Waals surface area contributed by atoms with E-state index >= 15 is 0 Å². The van der Waals surface area contributed by atoms with E-state index in [2.05, 4.69) is 5.32 Å². The van der Waals surface area contributed by atoms with Gasteiger partial charge in [-0.3, -0.25) is 4.79 Å². The Morgan fingerprint density at radius 1 is 1.09 bits per heavy atom. The molecule has 2 aromatic rings. The number of anilines is 1. The molecule has 32 heavy (non-hydrogen) atoms. The van der Waals surface area contributed by atoms with Gasteiger partial charge in [-0.15, -0.1) is 0 Å². The molecule has 0 atom stereocenters. The van der Waals surface area contributed by atoms with Gasteiger partial charge in [0, 0.05) is 19.0 Å². The summed E-state index contributed by atoms with van der Waals surface area (Å²) in [7, 11) is -3.70. The predicted octanol–water partition coefficient (Wildman–Crippen LogP) is 3.64. The topological polar surface area (TPSA) is 94.2 Å². The van der Waals surface area contributed by atoms with E-state index in [-0.39, 0.29) is 16.7 Å². The van der Waals surface area contributed by atoms with Gasteiger partial charge < -0.3 is 19.5 Å². The molecule has 0 spiro atoms. The standard InChI is InChI=1S/C23H28N2O6S/c1-2-30-18-6-8-19(9-7-18)31-22-11-10-20(32(27,28)25-12-14-29-15-13-25)16-21(22)24-23(26)17-4-3-5-17/h6-11,16-17H,2-5,12-15H2,1H3,(H,24,26). The van der Waals surface area contributed by atoms with Gasteiger partial charge in [0.1, 0.15) is 11.5 Å². The van der Waals surface area contributed by atoms with Gasteiger partial charge in [0.15, 0.2) is 5.75 Å². The van der Waals surface area contributed by atoms with Crippen LogP contribution >= 0.6 is 0 Å². The number of carbonyl (C=O) groups excluding carboxylic acids is 1. The van der Waals surface area contributed by atoms with Crippen molar-refractivity contribution in [2.24, 2.45) is 5.92 Å². The lowest BCUT2D eigenvalue weighted by atomic mass is 9.85. The number of amides is 1. The van der Waals surface area contributed by atoms with Crippen LogP contribution in [-0.2, 0) is 19.6 Å². The molecular weight excluding hydrogens is 432 g/mol. The zero-order chi connectivity index (χ0) is 22.6. The van der Waals surface area contributed by atoms with Crippen molar-refractivity contribution >= 4 is 21.6 Å². The van der Waals surface area contributed by atoms with Gasteiger partial charge >= 0.3 is 0 Å². The molecule has 0 bridgehead atoms. The maximum Gasteiger partial charge on any atom is 0.243 e. The van der Waals surface area contributed by atoms with E-state index < -0.39 is 10.0 Å². The second kappa shape index (κ2) is 9.89. The highest BCUT2D eigenvalue weighted by molar-refractivity contribution is 7.89. The molecule has 0 unspecified atom stereocenters. The van der Waals surface area contributed by atoms with Crippen LogP contribution in [0.1, 0.15) is 26.2 Å². The number of rotatable bonds is 8. The molecule has 1 saturated carbocycles. The molecule has 1 N–H and O–H groups in total. The highest BCUT2D eigenvalue weighted by Crippen LogP contribution is 2.35. The highest BCUT2D eigenvalue weighted by atomic mass is 32.2. The summed E-state index contributed by atoms with van der Waals surface area (Å²) in [5, 5.41) is 2.88. The second-order valence-electron chi connectivity index (χ2n) is 7.80. The molecular formula is C23H28N2O6S. The van der Waals surface area contributed by atoms with Crippen molar-refractivity contribution in [2.75, 3.05) is 38.2 Å². The summed E-state index contributed by atoms with van der Waals surface area (Å²) in [5.74, 6) is 1.49. The van der Waals surface area contributed by atoms with Crippen LogP contribution < -0.4 is 14.8 Å². The van der Waals surface area contributed by atoms with E-state index in [0.29, 0.717) is 50.1 Å². The minimum atomic E-state index is -3.70. The quantitative estimate of drug-likeness (QED) is 0.646. The van der Waals surface area contributed by atoms with Gasteiger partial charge in [-0.25, -0.2) is 8.42 Å². The number of hydrogen-bond acceptors (Lipinski definition) is 6. The van der Waals surface area contributed by atoms with Crippen LogP contribution in [0, 0.1) is 5.92 Å². The van der Waals surface area contributed by atoms with Crippen molar-refractivity contribution in [3.05, 3.63) is 42.5 Å². The average molecular weight is 461 g/mol. The first-order chi connectivity index (χ1) is 15.5. The van der Waals surface area contributed by atoms with Gasteiger partial charge in [-0.2, -0.15) is 4.31 Å². The third kappa shape index (κ3) is 5.06. The molecule has 1 aliphatic carbocycles. The average Bonchev–Trinajstić information content (AvgIpc) is 2.76. The van der Waals surface area contributed by atoms with E-state index in [1.54, 1.807) is 30.3 Å². The molecule has 2 aliphatic rings. The number of carbonyl (C=O) groups is 1. The second-order valence-corrected chi connectivity index (χ2v) is 9.74. The third-order valence-electron chi connectivity index (χ3n) is 5.66. The van der Waals surface area contributed by atoms with Crippen molar-refractivity contribution in [1.82, 2.24) is 4.31 Å². The lowest BCUT2D eigenvalue weighted by Gasteiger charge is -2.27. The number of nitrogens with one attached hydrogen (secondary N) is 1. The Hall–Kier alpha value is -2.62. The zero-order valence-electron chi connectivity index (χ0n) is 18.1. The number of morpholine rings is 1. The van der Waals surface area contributed by atoms with Gasteiger partial charge in [-0.05, 0) is 62.2 Å². The largest absolute Gasteiger partial charge is 0.494 e. The van der Waals surface area contributed by atoms with Crippen LogP contribution in [-0.4, -0.2) is 51.5 Å². The van der Waals surface area contributed by atoms with Crippen molar-refractivity contribution in [3.63, 3.8) is 0 Å². The van der Waals surface area contributed by atoms with E-state index in [1.807, 2.05) is 6.92 Å². The molecule has 1 saturated heterocycles. The van der Waals surface area contributed by atoms with Crippen molar-refractivity contribution < 1.29 is 27.4 Å². The Kier molecular flexibility index (Phi) is 6.98. The van der Waals surface area contributed by atoms with Gasteiger partial charge in [0.2, 0.25) is 15.9 Å². The Morgan fingerprint density at radius 3 is 2.41 bits per heavy atom. The van der Waals surface area contributed by atoms with Crippen molar-refractivity contribution in [1.29, 1.82) is 0 Å².